The number of nitrogens with zero attached hydrogens (tertiary/aromatic N) is 2. The van der Waals surface area contributed by atoms with E-state index >= 15 is 0 Å². The van der Waals surface area contributed by atoms with Gasteiger partial charge < -0.3 is 20.8 Å². The maximum absolute atomic E-state index is 12.7. The summed E-state index contributed by atoms with van der Waals surface area (Å²) in [6.07, 6.45) is 2.42. The molecule has 0 atom stereocenters. The van der Waals surface area contributed by atoms with Crippen LogP contribution in [0.2, 0.25) is 5.02 Å². The van der Waals surface area contributed by atoms with Gasteiger partial charge in [-0.3, -0.25) is 4.79 Å². The first-order valence-corrected chi connectivity index (χ1v) is 10.5. The Bertz CT molecular complexity index is 1060. The van der Waals surface area contributed by atoms with E-state index in [0.717, 1.165) is 16.0 Å². The summed E-state index contributed by atoms with van der Waals surface area (Å²) in [5.74, 6) is -0.0358. The van der Waals surface area contributed by atoms with Crippen molar-refractivity contribution in [3.63, 3.8) is 0 Å². The van der Waals surface area contributed by atoms with Crippen LogP contribution in [0.5, 0.6) is 5.75 Å². The van der Waals surface area contributed by atoms with Crippen molar-refractivity contribution in [3.8, 4) is 27.3 Å². The lowest BCUT2D eigenvalue weighted by Crippen LogP contribution is -2.40. The predicted octanol–water partition coefficient (Wildman–Crippen LogP) is 4.02. The number of aliphatic hydroxyl groups excluding tert-OH is 1. The number of benzene rings is 1. The molecular formula is C21H20ClN3O3S. The summed E-state index contributed by atoms with van der Waals surface area (Å²) >= 11 is 7.99. The Labute approximate surface area is 177 Å². The Morgan fingerprint density at radius 1 is 1.21 bits per heavy atom. The minimum Gasteiger partial charge on any atom is -0.504 e. The highest BCUT2D eigenvalue weighted by Crippen LogP contribution is 2.40. The maximum atomic E-state index is 12.7. The molecule has 0 aliphatic carbocycles. The number of carbonyl (C=O) groups is 1. The molecule has 1 saturated heterocycles. The molecule has 0 spiro atoms. The molecule has 0 bridgehead atoms. The number of amides is 1. The van der Waals surface area contributed by atoms with Crippen LogP contribution in [0.25, 0.3) is 21.6 Å². The lowest BCUT2D eigenvalue weighted by atomic mass is 10.0. The van der Waals surface area contributed by atoms with Crippen molar-refractivity contribution in [2.45, 2.75) is 18.9 Å². The molecule has 1 aliphatic heterocycles. The van der Waals surface area contributed by atoms with Crippen LogP contribution in [-0.2, 0) is 0 Å². The van der Waals surface area contributed by atoms with Crippen molar-refractivity contribution in [2.75, 3.05) is 18.8 Å². The summed E-state index contributed by atoms with van der Waals surface area (Å²) in [7, 11) is 0. The van der Waals surface area contributed by atoms with E-state index in [4.69, 9.17) is 17.3 Å². The molecule has 4 N–H and O–H groups in total. The summed E-state index contributed by atoms with van der Waals surface area (Å²) in [5.41, 5.74) is 8.46. The molecule has 0 radical (unpaired) electrons. The molecular weight excluding hydrogens is 410 g/mol. The molecule has 6 nitrogen and oxygen atoms in total. The number of aromatic hydroxyl groups is 1. The molecule has 1 amide bonds. The first-order chi connectivity index (χ1) is 13.9. The maximum Gasteiger partial charge on any atom is 0.253 e. The number of aromatic nitrogens is 1. The highest BCUT2D eigenvalue weighted by atomic mass is 35.5. The van der Waals surface area contributed by atoms with Gasteiger partial charge in [-0.15, -0.1) is 11.3 Å². The van der Waals surface area contributed by atoms with Crippen molar-refractivity contribution in [1.82, 2.24) is 9.88 Å². The van der Waals surface area contributed by atoms with Gasteiger partial charge in [-0.25, -0.2) is 4.98 Å². The van der Waals surface area contributed by atoms with Gasteiger partial charge >= 0.3 is 0 Å². The molecule has 1 aromatic carbocycles. The minimum absolute atomic E-state index is 0.0458. The Balaban J connectivity index is 1.58. The molecule has 3 heterocycles. The summed E-state index contributed by atoms with van der Waals surface area (Å²) in [4.78, 5) is 19.2. The number of likely N-dealkylation sites (tertiary alicyclic amines) is 1. The Kier molecular flexibility index (Phi) is 5.45. The van der Waals surface area contributed by atoms with Crippen LogP contribution in [0.4, 0.5) is 5.82 Å². The summed E-state index contributed by atoms with van der Waals surface area (Å²) in [6.45, 7) is 1.10. The van der Waals surface area contributed by atoms with Crippen molar-refractivity contribution in [3.05, 3.63) is 52.5 Å². The molecule has 2 aromatic heterocycles. The number of nitrogens with two attached hydrogens (primary N) is 1. The van der Waals surface area contributed by atoms with E-state index in [1.165, 1.54) is 11.3 Å². The summed E-state index contributed by atoms with van der Waals surface area (Å²) in [5, 5.41) is 22.2. The number of thiophene rings is 1. The molecule has 0 saturated carbocycles. The van der Waals surface area contributed by atoms with Gasteiger partial charge in [-0.1, -0.05) is 17.7 Å². The first kappa shape index (κ1) is 19.7. The number of carbonyl (C=O) groups excluding carboxylic acids is 1. The van der Waals surface area contributed by atoms with Gasteiger partial charge in [0, 0.05) is 40.9 Å². The highest BCUT2D eigenvalue weighted by molar-refractivity contribution is 7.14. The molecule has 1 aliphatic rings. The number of halogens is 1. The number of pyridine rings is 1. The highest BCUT2D eigenvalue weighted by Gasteiger charge is 2.23. The standard InChI is InChI=1S/C21H20ClN3O3S/c22-17-9-12(21(28)25-7-4-14(26)5-8-25)1-2-16(17)18-10-13(11-29-18)15-3-6-24-20(23)19(15)27/h1-3,6,9-11,14,26-27H,4-5,7-8H2,(H2,23,24). The SMILES string of the molecule is Nc1nccc(-c2csc(-c3ccc(C(=O)N4CCC(O)CC4)cc3Cl)c2)c1O. The number of hydrogen-bond acceptors (Lipinski definition) is 6. The van der Waals surface area contributed by atoms with Crippen molar-refractivity contribution < 1.29 is 15.0 Å². The zero-order valence-electron chi connectivity index (χ0n) is 15.5. The van der Waals surface area contributed by atoms with E-state index in [-0.39, 0.29) is 23.6 Å². The lowest BCUT2D eigenvalue weighted by molar-refractivity contribution is 0.0546. The van der Waals surface area contributed by atoms with E-state index in [1.54, 1.807) is 29.3 Å². The third-order valence-electron chi connectivity index (χ3n) is 5.10. The Hall–Kier alpha value is -2.61. The monoisotopic (exact) mass is 429 g/mol. The lowest BCUT2D eigenvalue weighted by Gasteiger charge is -2.29. The largest absolute Gasteiger partial charge is 0.504 e. The number of nitrogen functional groups attached to an aromatic ring is 1. The zero-order chi connectivity index (χ0) is 20.5. The normalized spacial score (nSPS) is 14.9. The van der Waals surface area contributed by atoms with Gasteiger partial charge in [0.15, 0.2) is 11.6 Å². The topological polar surface area (TPSA) is 99.7 Å². The van der Waals surface area contributed by atoms with Crippen LogP contribution in [0.15, 0.2) is 41.9 Å². The first-order valence-electron chi connectivity index (χ1n) is 9.23. The molecule has 8 heteroatoms. The van der Waals surface area contributed by atoms with Crippen LogP contribution >= 0.6 is 22.9 Å². The molecule has 29 heavy (non-hydrogen) atoms. The van der Waals surface area contributed by atoms with Crippen LogP contribution in [0, 0.1) is 0 Å². The van der Waals surface area contributed by atoms with Crippen LogP contribution in [0.3, 0.4) is 0 Å². The number of hydrogen-bond donors (Lipinski definition) is 3. The van der Waals surface area contributed by atoms with E-state index < -0.39 is 0 Å². The predicted molar refractivity (Wildman–Crippen MR) is 115 cm³/mol. The summed E-state index contributed by atoms with van der Waals surface area (Å²) in [6, 6.07) is 8.93. The zero-order valence-corrected chi connectivity index (χ0v) is 17.1. The average molecular weight is 430 g/mol. The van der Waals surface area contributed by atoms with Gasteiger partial charge in [0.25, 0.3) is 5.91 Å². The fourth-order valence-corrected chi connectivity index (χ4v) is 4.71. The number of anilines is 1. The third-order valence-corrected chi connectivity index (χ3v) is 6.37. The fourth-order valence-electron chi connectivity index (χ4n) is 3.42. The van der Waals surface area contributed by atoms with E-state index in [1.807, 2.05) is 17.5 Å². The Morgan fingerprint density at radius 3 is 2.69 bits per heavy atom. The van der Waals surface area contributed by atoms with E-state index in [9.17, 15) is 15.0 Å². The van der Waals surface area contributed by atoms with Gasteiger partial charge in [-0.05, 0) is 48.1 Å². The molecule has 1 fully saturated rings. The summed E-state index contributed by atoms with van der Waals surface area (Å²) < 4.78 is 0. The van der Waals surface area contributed by atoms with Gasteiger partial charge in [0.2, 0.25) is 0 Å². The molecule has 4 rings (SSSR count). The fraction of sp³-hybridized carbons (Fsp3) is 0.238. The van der Waals surface area contributed by atoms with Gasteiger partial charge in [0.05, 0.1) is 11.1 Å². The van der Waals surface area contributed by atoms with Crippen LogP contribution in [0.1, 0.15) is 23.2 Å². The number of piperidine rings is 1. The third kappa shape index (κ3) is 3.94. The van der Waals surface area contributed by atoms with E-state index in [0.29, 0.717) is 42.1 Å². The van der Waals surface area contributed by atoms with Crippen molar-refractivity contribution in [1.29, 1.82) is 0 Å². The van der Waals surface area contributed by atoms with Gasteiger partial charge in [0.1, 0.15) is 0 Å². The number of rotatable bonds is 3. The van der Waals surface area contributed by atoms with Crippen LogP contribution < -0.4 is 5.73 Å². The quantitative estimate of drug-likeness (QED) is 0.584. The number of aliphatic hydroxyl groups is 1. The molecule has 0 unspecified atom stereocenters. The van der Waals surface area contributed by atoms with E-state index in [2.05, 4.69) is 4.98 Å². The van der Waals surface area contributed by atoms with Crippen molar-refractivity contribution in [2.24, 2.45) is 0 Å². The average Bonchev–Trinajstić information content (AvgIpc) is 3.19. The second-order valence-corrected chi connectivity index (χ2v) is 8.33. The van der Waals surface area contributed by atoms with Gasteiger partial charge in [-0.2, -0.15) is 0 Å². The van der Waals surface area contributed by atoms with Crippen LogP contribution in [-0.4, -0.2) is 45.2 Å². The molecule has 3 aromatic rings. The minimum atomic E-state index is -0.326. The second kappa shape index (κ2) is 8.02. The van der Waals surface area contributed by atoms with Crippen molar-refractivity contribution >= 4 is 34.7 Å². The smallest absolute Gasteiger partial charge is 0.253 e. The molecule has 150 valence electrons. The second-order valence-electron chi connectivity index (χ2n) is 7.01. The Morgan fingerprint density at radius 2 is 1.97 bits per heavy atom.